The van der Waals surface area contributed by atoms with Crippen molar-refractivity contribution in [2.75, 3.05) is 0 Å². The SMILES string of the molecule is CC(=O)O[C@H](C(=O)O)c1cc(Cl)cc([N+](=O)[O-])c1. The molecule has 1 atom stereocenters. The van der Waals surface area contributed by atoms with E-state index in [1.165, 1.54) is 6.07 Å². The van der Waals surface area contributed by atoms with Crippen LogP contribution in [0.3, 0.4) is 0 Å². The largest absolute Gasteiger partial charge is 0.478 e. The van der Waals surface area contributed by atoms with Gasteiger partial charge in [0.05, 0.1) is 4.92 Å². The number of nitrogens with zero attached hydrogens (tertiary/aromatic N) is 1. The summed E-state index contributed by atoms with van der Waals surface area (Å²) in [6, 6.07) is 3.25. The highest BCUT2D eigenvalue weighted by molar-refractivity contribution is 6.30. The molecule has 0 saturated heterocycles. The molecule has 0 spiro atoms. The lowest BCUT2D eigenvalue weighted by Gasteiger charge is -2.12. The van der Waals surface area contributed by atoms with Gasteiger partial charge in [-0.05, 0) is 6.07 Å². The fourth-order valence-corrected chi connectivity index (χ4v) is 1.52. The zero-order valence-electron chi connectivity index (χ0n) is 9.12. The molecule has 0 aromatic heterocycles. The maximum absolute atomic E-state index is 10.9. The van der Waals surface area contributed by atoms with Crippen LogP contribution in [0.25, 0.3) is 0 Å². The molecule has 0 fully saturated rings. The first kappa shape index (κ1) is 13.9. The minimum absolute atomic E-state index is 0.0161. The molecule has 1 aromatic carbocycles. The third-order valence-corrected chi connectivity index (χ3v) is 2.14. The highest BCUT2D eigenvalue weighted by atomic mass is 35.5. The first-order chi connectivity index (χ1) is 8.31. The molecule has 1 rings (SSSR count). The molecule has 0 aliphatic carbocycles. The predicted octanol–water partition coefficient (Wildman–Crippen LogP) is 1.94. The number of carboxylic acid groups (broad SMARTS) is 1. The number of aliphatic carboxylic acids is 1. The van der Waals surface area contributed by atoms with Crippen LogP contribution in [0.2, 0.25) is 5.02 Å². The summed E-state index contributed by atoms with van der Waals surface area (Å²) in [5, 5.41) is 19.5. The summed E-state index contributed by atoms with van der Waals surface area (Å²) < 4.78 is 4.57. The van der Waals surface area contributed by atoms with Crippen molar-refractivity contribution in [2.45, 2.75) is 13.0 Å². The molecule has 0 aliphatic heterocycles. The van der Waals surface area contributed by atoms with Gasteiger partial charge >= 0.3 is 11.9 Å². The molecule has 0 amide bonds. The zero-order valence-corrected chi connectivity index (χ0v) is 9.88. The van der Waals surface area contributed by atoms with Crippen LogP contribution in [0.1, 0.15) is 18.6 Å². The van der Waals surface area contributed by atoms with Crippen molar-refractivity contribution >= 4 is 29.2 Å². The number of esters is 1. The average Bonchev–Trinajstić information content (AvgIpc) is 2.24. The predicted molar refractivity (Wildman–Crippen MR) is 60.2 cm³/mol. The van der Waals surface area contributed by atoms with Crippen LogP contribution in [0.4, 0.5) is 5.69 Å². The summed E-state index contributed by atoms with van der Waals surface area (Å²) in [6.07, 6.45) is -1.63. The number of ether oxygens (including phenoxy) is 1. The second-order valence-corrected chi connectivity index (χ2v) is 3.76. The monoisotopic (exact) mass is 273 g/mol. The molecule has 0 aliphatic rings. The first-order valence-electron chi connectivity index (χ1n) is 4.66. The van der Waals surface area contributed by atoms with Gasteiger partial charge in [0.2, 0.25) is 6.10 Å². The Kier molecular flexibility index (Phi) is 4.22. The normalized spacial score (nSPS) is 11.7. The van der Waals surface area contributed by atoms with Crippen LogP contribution >= 0.6 is 11.6 Å². The van der Waals surface area contributed by atoms with E-state index >= 15 is 0 Å². The van der Waals surface area contributed by atoms with Gasteiger partial charge in [0, 0.05) is 29.6 Å². The standard InChI is InChI=1S/C10H8ClNO6/c1-5(13)18-9(10(14)15)6-2-7(11)4-8(3-6)12(16)17/h2-4,9H,1H3,(H,14,15)/t9-/m0/s1. The molecule has 96 valence electrons. The Bertz CT molecular complexity index is 515. The maximum atomic E-state index is 10.9. The number of benzene rings is 1. The number of nitro groups is 1. The van der Waals surface area contributed by atoms with Gasteiger partial charge in [-0.2, -0.15) is 0 Å². The van der Waals surface area contributed by atoms with Crippen molar-refractivity contribution < 1.29 is 24.4 Å². The summed E-state index contributed by atoms with van der Waals surface area (Å²) in [5.74, 6) is -2.26. The molecule has 0 heterocycles. The minimum atomic E-state index is -1.63. The quantitative estimate of drug-likeness (QED) is 0.510. The molecule has 1 N–H and O–H groups in total. The molecule has 7 nitrogen and oxygen atoms in total. The smallest absolute Gasteiger partial charge is 0.349 e. The molecule has 8 heteroatoms. The number of nitro benzene ring substituents is 1. The van der Waals surface area contributed by atoms with Gasteiger partial charge in [-0.25, -0.2) is 4.79 Å². The third kappa shape index (κ3) is 3.42. The number of hydrogen-bond donors (Lipinski definition) is 1. The number of non-ortho nitro benzene ring substituents is 1. The van der Waals surface area contributed by atoms with Gasteiger partial charge in [-0.15, -0.1) is 0 Å². The second kappa shape index (κ2) is 5.46. The van der Waals surface area contributed by atoms with Crippen LogP contribution in [0, 0.1) is 10.1 Å². The van der Waals surface area contributed by atoms with E-state index < -0.39 is 23.0 Å². The van der Waals surface area contributed by atoms with Crippen LogP contribution in [-0.4, -0.2) is 22.0 Å². The number of carbonyl (C=O) groups excluding carboxylic acids is 1. The fraction of sp³-hybridized carbons (Fsp3) is 0.200. The van der Waals surface area contributed by atoms with Gasteiger partial charge in [-0.1, -0.05) is 11.6 Å². The topological polar surface area (TPSA) is 107 Å². The summed E-state index contributed by atoms with van der Waals surface area (Å²) in [4.78, 5) is 31.6. The van der Waals surface area contributed by atoms with Crippen molar-refractivity contribution in [1.82, 2.24) is 0 Å². The minimum Gasteiger partial charge on any atom is -0.478 e. The molecule has 0 unspecified atom stereocenters. The van der Waals surface area contributed by atoms with Crippen molar-refractivity contribution in [3.05, 3.63) is 38.9 Å². The summed E-state index contributed by atoms with van der Waals surface area (Å²) in [5.41, 5.74) is -0.451. The Morgan fingerprint density at radius 3 is 2.50 bits per heavy atom. The van der Waals surface area contributed by atoms with Gasteiger partial charge in [0.25, 0.3) is 5.69 Å². The molecule has 0 bridgehead atoms. The highest BCUT2D eigenvalue weighted by Crippen LogP contribution is 2.27. The van der Waals surface area contributed by atoms with Crippen molar-refractivity contribution in [3.63, 3.8) is 0 Å². The summed E-state index contributed by atoms with van der Waals surface area (Å²) in [7, 11) is 0. The van der Waals surface area contributed by atoms with Gasteiger partial charge in [0.15, 0.2) is 0 Å². The average molecular weight is 274 g/mol. The first-order valence-corrected chi connectivity index (χ1v) is 5.04. The molecule has 0 saturated carbocycles. The van der Waals surface area contributed by atoms with Gasteiger partial charge in [-0.3, -0.25) is 14.9 Å². The van der Waals surface area contributed by atoms with Crippen molar-refractivity contribution in [3.8, 4) is 0 Å². The number of hydrogen-bond acceptors (Lipinski definition) is 5. The maximum Gasteiger partial charge on any atom is 0.349 e. The summed E-state index contributed by atoms with van der Waals surface area (Å²) in [6.45, 7) is 1.04. The Morgan fingerprint density at radius 2 is 2.06 bits per heavy atom. The fourth-order valence-electron chi connectivity index (χ4n) is 1.28. The zero-order chi connectivity index (χ0) is 13.9. The molecule has 1 aromatic rings. The molecular weight excluding hydrogens is 266 g/mol. The van der Waals surface area contributed by atoms with E-state index in [2.05, 4.69) is 4.74 Å². The van der Waals surface area contributed by atoms with Gasteiger partial charge in [0.1, 0.15) is 0 Å². The van der Waals surface area contributed by atoms with Crippen LogP contribution in [0.5, 0.6) is 0 Å². The number of halogens is 1. The lowest BCUT2D eigenvalue weighted by atomic mass is 10.1. The Hall–Kier alpha value is -2.15. The van der Waals surface area contributed by atoms with Crippen LogP contribution in [-0.2, 0) is 14.3 Å². The van der Waals surface area contributed by atoms with Crippen molar-refractivity contribution in [1.29, 1.82) is 0 Å². The van der Waals surface area contributed by atoms with Gasteiger partial charge < -0.3 is 9.84 Å². The lowest BCUT2D eigenvalue weighted by Crippen LogP contribution is -2.18. The van der Waals surface area contributed by atoms with E-state index in [1.807, 2.05) is 0 Å². The molecular formula is C10H8ClNO6. The van der Waals surface area contributed by atoms with Crippen LogP contribution in [0.15, 0.2) is 18.2 Å². The van der Waals surface area contributed by atoms with E-state index in [0.717, 1.165) is 19.1 Å². The highest BCUT2D eigenvalue weighted by Gasteiger charge is 2.25. The second-order valence-electron chi connectivity index (χ2n) is 3.33. The van der Waals surface area contributed by atoms with E-state index in [0.29, 0.717) is 0 Å². The lowest BCUT2D eigenvalue weighted by molar-refractivity contribution is -0.384. The van der Waals surface area contributed by atoms with Crippen molar-refractivity contribution in [2.24, 2.45) is 0 Å². The molecule has 18 heavy (non-hydrogen) atoms. The van der Waals surface area contributed by atoms with Crippen LogP contribution < -0.4 is 0 Å². The summed E-state index contributed by atoms with van der Waals surface area (Å²) >= 11 is 5.64. The third-order valence-electron chi connectivity index (χ3n) is 1.93. The van der Waals surface area contributed by atoms with E-state index in [9.17, 15) is 19.7 Å². The Labute approximate surface area is 106 Å². The number of rotatable bonds is 4. The number of carboxylic acids is 1. The Morgan fingerprint density at radius 1 is 1.44 bits per heavy atom. The van der Waals surface area contributed by atoms with E-state index in [4.69, 9.17) is 16.7 Å². The van der Waals surface area contributed by atoms with E-state index in [-0.39, 0.29) is 16.3 Å². The molecule has 0 radical (unpaired) electrons. The van der Waals surface area contributed by atoms with E-state index in [1.54, 1.807) is 0 Å². The number of carbonyl (C=O) groups is 2. The Balaban J connectivity index is 3.23.